The van der Waals surface area contributed by atoms with Gasteiger partial charge in [0.15, 0.2) is 0 Å². The van der Waals surface area contributed by atoms with E-state index in [0.717, 1.165) is 43.1 Å². The molecule has 42 heavy (non-hydrogen) atoms. The lowest BCUT2D eigenvalue weighted by Crippen LogP contribution is -2.54. The van der Waals surface area contributed by atoms with Crippen molar-refractivity contribution in [3.63, 3.8) is 0 Å². The molecule has 4 nitrogen and oxygen atoms in total. The first-order chi connectivity index (χ1) is 20.0. The van der Waals surface area contributed by atoms with Gasteiger partial charge in [-0.3, -0.25) is 4.79 Å². The second kappa shape index (κ2) is 13.1. The molecular formula is C38H58O4. The van der Waals surface area contributed by atoms with E-state index in [1.807, 2.05) is 0 Å². The van der Waals surface area contributed by atoms with Gasteiger partial charge in [0, 0.05) is 12.8 Å². The van der Waals surface area contributed by atoms with Crippen LogP contribution in [-0.4, -0.2) is 29.9 Å². The van der Waals surface area contributed by atoms with E-state index in [0.29, 0.717) is 30.0 Å². The number of benzene rings is 1. The molecule has 1 N–H and O–H groups in total. The van der Waals surface area contributed by atoms with Crippen LogP contribution < -0.4 is 0 Å². The highest BCUT2D eigenvalue weighted by Gasteiger charge is 2.59. The number of rotatable bonds is 11. The minimum Gasteiger partial charge on any atom is -0.466 e. The number of hydrogen-bond acceptors (Lipinski definition) is 4. The summed E-state index contributed by atoms with van der Waals surface area (Å²) in [6.45, 7) is 14.6. The molecule has 5 rings (SSSR count). The standard InChI is InChI=1S/C38H58O4/c1-25(2)29(18-21-41-27(4)39)22-36(40)26(3)33-14-15-34-32-13-12-30-23-31(42-24-28-10-8-7-9-11-28)16-19-37(30,5)35(32)17-20-38(33,34)6/h7-11,14,25-26,29-32,34-36,40H,12-13,15-24H2,1-6H3. The van der Waals surface area contributed by atoms with Gasteiger partial charge < -0.3 is 14.6 Å². The van der Waals surface area contributed by atoms with E-state index in [2.05, 4.69) is 71.0 Å². The lowest BCUT2D eigenvalue weighted by atomic mass is 9.44. The summed E-state index contributed by atoms with van der Waals surface area (Å²) in [5, 5.41) is 11.5. The summed E-state index contributed by atoms with van der Waals surface area (Å²) in [7, 11) is 0. The van der Waals surface area contributed by atoms with Crippen molar-refractivity contribution in [3.05, 3.63) is 47.5 Å². The number of allylic oxidation sites excluding steroid dienone is 1. The fourth-order valence-electron chi connectivity index (χ4n) is 10.3. The lowest BCUT2D eigenvalue weighted by molar-refractivity contribution is -0.141. The zero-order chi connectivity index (χ0) is 30.1. The predicted molar refractivity (Wildman–Crippen MR) is 170 cm³/mol. The summed E-state index contributed by atoms with van der Waals surface area (Å²) in [6.07, 6.45) is 14.4. The predicted octanol–water partition coefficient (Wildman–Crippen LogP) is 8.76. The number of hydrogen-bond donors (Lipinski definition) is 1. The van der Waals surface area contributed by atoms with Crippen molar-refractivity contribution in [1.82, 2.24) is 0 Å². The Hall–Kier alpha value is -1.65. The molecule has 234 valence electrons. The molecule has 0 aliphatic heterocycles. The Morgan fingerprint density at radius 3 is 2.50 bits per heavy atom. The second-order valence-electron chi connectivity index (χ2n) is 15.4. The molecule has 4 aliphatic carbocycles. The number of ether oxygens (including phenoxy) is 2. The first kappa shape index (κ1) is 31.8. The summed E-state index contributed by atoms with van der Waals surface area (Å²) in [5.41, 5.74) is 3.47. The molecular weight excluding hydrogens is 520 g/mol. The van der Waals surface area contributed by atoms with E-state index in [9.17, 15) is 9.90 Å². The van der Waals surface area contributed by atoms with Gasteiger partial charge in [0.05, 0.1) is 25.4 Å². The van der Waals surface area contributed by atoms with Crippen LogP contribution in [0.15, 0.2) is 42.0 Å². The number of carbonyl (C=O) groups excluding carboxylic acids is 1. The van der Waals surface area contributed by atoms with Gasteiger partial charge in [-0.2, -0.15) is 0 Å². The van der Waals surface area contributed by atoms with Crippen molar-refractivity contribution in [2.45, 2.75) is 125 Å². The van der Waals surface area contributed by atoms with E-state index < -0.39 is 0 Å². The van der Waals surface area contributed by atoms with E-state index in [1.54, 1.807) is 0 Å². The molecule has 0 spiro atoms. The van der Waals surface area contributed by atoms with Crippen LogP contribution in [0.2, 0.25) is 0 Å². The highest BCUT2D eigenvalue weighted by molar-refractivity contribution is 5.65. The molecule has 0 saturated heterocycles. The molecule has 0 heterocycles. The highest BCUT2D eigenvalue weighted by atomic mass is 16.5. The molecule has 4 aliphatic rings. The summed E-state index contributed by atoms with van der Waals surface area (Å²) in [5.74, 6) is 3.89. The van der Waals surface area contributed by atoms with Crippen molar-refractivity contribution in [1.29, 1.82) is 0 Å². The van der Waals surface area contributed by atoms with Crippen molar-refractivity contribution >= 4 is 5.97 Å². The van der Waals surface area contributed by atoms with Crippen LogP contribution in [0.1, 0.15) is 111 Å². The Kier molecular flexibility index (Phi) is 9.94. The van der Waals surface area contributed by atoms with Crippen LogP contribution in [0.5, 0.6) is 0 Å². The molecule has 3 saturated carbocycles. The molecule has 0 bridgehead atoms. The molecule has 0 amide bonds. The minimum absolute atomic E-state index is 0.177. The fourth-order valence-corrected chi connectivity index (χ4v) is 10.3. The highest BCUT2D eigenvalue weighted by Crippen LogP contribution is 2.67. The Morgan fingerprint density at radius 2 is 1.79 bits per heavy atom. The third-order valence-electron chi connectivity index (χ3n) is 12.9. The largest absolute Gasteiger partial charge is 0.466 e. The minimum atomic E-state index is -0.353. The Balaban J connectivity index is 1.19. The quantitative estimate of drug-likeness (QED) is 0.211. The maximum atomic E-state index is 11.5. The monoisotopic (exact) mass is 578 g/mol. The summed E-state index contributed by atoms with van der Waals surface area (Å²) in [4.78, 5) is 11.3. The number of carbonyl (C=O) groups is 1. The molecule has 1 aromatic carbocycles. The Labute approximate surface area is 256 Å². The Morgan fingerprint density at radius 1 is 1.02 bits per heavy atom. The zero-order valence-electron chi connectivity index (χ0n) is 27.3. The van der Waals surface area contributed by atoms with E-state index >= 15 is 0 Å². The number of fused-ring (bicyclic) bond motifs is 5. The number of aliphatic hydroxyl groups excluding tert-OH is 1. The molecule has 10 unspecified atom stereocenters. The van der Waals surface area contributed by atoms with E-state index in [4.69, 9.17) is 9.47 Å². The van der Waals surface area contributed by atoms with Crippen LogP contribution in [0, 0.1) is 52.3 Å². The van der Waals surface area contributed by atoms with Gasteiger partial charge in [-0.05, 0) is 116 Å². The molecule has 10 atom stereocenters. The number of esters is 1. The normalized spacial score (nSPS) is 36.3. The van der Waals surface area contributed by atoms with Gasteiger partial charge in [-0.25, -0.2) is 0 Å². The SMILES string of the molecule is CC(=O)OCCC(CC(O)C(C)C1=CCC2C3CCC4CC(OCc5ccccc5)CCC4(C)C3CCC12C)C(C)C. The maximum Gasteiger partial charge on any atom is 0.302 e. The first-order valence-corrected chi connectivity index (χ1v) is 17.2. The van der Waals surface area contributed by atoms with Crippen LogP contribution in [0.25, 0.3) is 0 Å². The summed E-state index contributed by atoms with van der Waals surface area (Å²) >= 11 is 0. The molecule has 3 fully saturated rings. The van der Waals surface area contributed by atoms with Gasteiger partial charge in [0.2, 0.25) is 0 Å². The molecule has 1 aromatic rings. The van der Waals surface area contributed by atoms with Crippen LogP contribution in [0.4, 0.5) is 0 Å². The first-order valence-electron chi connectivity index (χ1n) is 17.2. The summed E-state index contributed by atoms with van der Waals surface area (Å²) < 4.78 is 11.7. The van der Waals surface area contributed by atoms with Gasteiger partial charge in [0.1, 0.15) is 0 Å². The Bertz CT molecular complexity index is 1080. The maximum absolute atomic E-state index is 11.5. The number of aliphatic hydroxyl groups is 1. The average molecular weight is 579 g/mol. The third kappa shape index (κ3) is 6.41. The van der Waals surface area contributed by atoms with Gasteiger partial charge in [-0.1, -0.05) is 76.6 Å². The van der Waals surface area contributed by atoms with Gasteiger partial charge in [-0.15, -0.1) is 0 Å². The van der Waals surface area contributed by atoms with E-state index in [-0.39, 0.29) is 23.4 Å². The third-order valence-corrected chi connectivity index (χ3v) is 12.9. The van der Waals surface area contributed by atoms with E-state index in [1.165, 1.54) is 69.4 Å². The second-order valence-corrected chi connectivity index (χ2v) is 15.4. The van der Waals surface area contributed by atoms with Crippen LogP contribution in [-0.2, 0) is 20.9 Å². The van der Waals surface area contributed by atoms with Crippen molar-refractivity contribution in [2.24, 2.45) is 52.3 Å². The lowest BCUT2D eigenvalue weighted by Gasteiger charge is -2.61. The van der Waals surface area contributed by atoms with Crippen LogP contribution in [0.3, 0.4) is 0 Å². The van der Waals surface area contributed by atoms with Crippen molar-refractivity contribution < 1.29 is 19.4 Å². The smallest absolute Gasteiger partial charge is 0.302 e. The van der Waals surface area contributed by atoms with Gasteiger partial charge in [0.25, 0.3) is 0 Å². The van der Waals surface area contributed by atoms with Crippen molar-refractivity contribution in [3.8, 4) is 0 Å². The van der Waals surface area contributed by atoms with Gasteiger partial charge >= 0.3 is 5.97 Å². The zero-order valence-corrected chi connectivity index (χ0v) is 27.3. The topological polar surface area (TPSA) is 55.8 Å². The van der Waals surface area contributed by atoms with Crippen molar-refractivity contribution in [2.75, 3.05) is 6.61 Å². The average Bonchev–Trinajstić information content (AvgIpc) is 3.32. The molecule has 0 radical (unpaired) electrons. The molecule has 4 heteroatoms. The summed E-state index contributed by atoms with van der Waals surface area (Å²) in [6, 6.07) is 10.6. The fraction of sp³-hybridized carbons (Fsp3) is 0.763. The van der Waals surface area contributed by atoms with Crippen LogP contribution >= 0.6 is 0 Å². The molecule has 0 aromatic heterocycles.